The van der Waals surface area contributed by atoms with Gasteiger partial charge in [-0.25, -0.2) is 0 Å². The van der Waals surface area contributed by atoms with Crippen LogP contribution in [0, 0.1) is 0 Å². The highest BCUT2D eigenvalue weighted by Crippen LogP contribution is 2.28. The number of nitrogens with zero attached hydrogens (tertiary/aromatic N) is 4. The summed E-state index contributed by atoms with van der Waals surface area (Å²) >= 11 is 0. The third-order valence-corrected chi connectivity index (χ3v) is 5.65. The Hall–Kier alpha value is -0.490. The van der Waals surface area contributed by atoms with E-state index in [-0.39, 0.29) is 12.3 Å². The lowest BCUT2D eigenvalue weighted by Crippen LogP contribution is -2.60. The molecule has 0 radical (unpaired) electrons. The van der Waals surface area contributed by atoms with Gasteiger partial charge >= 0.3 is 0 Å². The van der Waals surface area contributed by atoms with Crippen molar-refractivity contribution in [3.63, 3.8) is 0 Å². The highest BCUT2D eigenvalue weighted by atomic mass is 16.1. The molecule has 2 aliphatic rings. The molecule has 0 amide bonds. The smallest absolute Gasteiger partial charge is 0.196 e. The summed E-state index contributed by atoms with van der Waals surface area (Å²) in [5.41, 5.74) is 0. The van der Waals surface area contributed by atoms with Crippen LogP contribution in [-0.4, -0.2) is 88.1 Å². The first-order valence-electron chi connectivity index (χ1n) is 9.73. The van der Waals surface area contributed by atoms with Gasteiger partial charge in [0.05, 0.1) is 0 Å². The van der Waals surface area contributed by atoms with Gasteiger partial charge in [-0.3, -0.25) is 24.4 Å². The maximum Gasteiger partial charge on any atom is 0.196 e. The van der Waals surface area contributed by atoms with Gasteiger partial charge in [-0.2, -0.15) is 0 Å². The Morgan fingerprint density at radius 1 is 0.583 bits per heavy atom. The number of hydrogen-bond donors (Lipinski definition) is 0. The average molecular weight is 339 g/mol. The third kappa shape index (κ3) is 3.69. The van der Waals surface area contributed by atoms with Gasteiger partial charge in [0.1, 0.15) is 12.3 Å². The minimum absolute atomic E-state index is 0.0874. The fourth-order valence-corrected chi connectivity index (χ4v) is 4.28. The van der Waals surface area contributed by atoms with Crippen molar-refractivity contribution in [3.05, 3.63) is 0 Å². The van der Waals surface area contributed by atoms with Gasteiger partial charge in [0.25, 0.3) is 0 Å². The van der Waals surface area contributed by atoms with E-state index in [4.69, 9.17) is 0 Å². The molecule has 0 atom stereocenters. The lowest BCUT2D eigenvalue weighted by molar-refractivity contribution is -0.140. The second kappa shape index (κ2) is 7.81. The van der Waals surface area contributed by atoms with Crippen LogP contribution in [-0.2, 0) is 4.79 Å². The molecule has 2 fully saturated rings. The molecule has 2 saturated heterocycles. The zero-order valence-corrected chi connectivity index (χ0v) is 17.0. The van der Waals surface area contributed by atoms with Crippen LogP contribution in [0.1, 0.15) is 55.4 Å². The first kappa shape index (κ1) is 19.8. The number of Topliss-reactive ketones (excluding diaryl/α,β-unsaturated/α-hetero) is 1. The van der Waals surface area contributed by atoms with Crippen molar-refractivity contribution in [1.82, 2.24) is 19.6 Å². The van der Waals surface area contributed by atoms with E-state index in [0.29, 0.717) is 30.0 Å². The Balaban J connectivity index is 2.33. The van der Waals surface area contributed by atoms with Gasteiger partial charge in [-0.15, -0.1) is 0 Å². The van der Waals surface area contributed by atoms with Crippen LogP contribution in [0.4, 0.5) is 0 Å². The van der Waals surface area contributed by atoms with E-state index in [1.54, 1.807) is 0 Å². The summed E-state index contributed by atoms with van der Waals surface area (Å²) in [5.74, 6) is 0.370. The Kier molecular flexibility index (Phi) is 6.46. The van der Waals surface area contributed by atoms with Crippen LogP contribution in [0.15, 0.2) is 0 Å². The van der Waals surface area contributed by atoms with Gasteiger partial charge in [-0.1, -0.05) is 0 Å². The average Bonchev–Trinajstić information content (AvgIpc) is 3.10. The Morgan fingerprint density at radius 2 is 0.792 bits per heavy atom. The van der Waals surface area contributed by atoms with Gasteiger partial charge in [0.15, 0.2) is 5.78 Å². The van der Waals surface area contributed by atoms with E-state index in [9.17, 15) is 4.79 Å². The normalized spacial score (nSPS) is 23.8. The summed E-state index contributed by atoms with van der Waals surface area (Å²) in [6, 6.07) is 1.57. The molecule has 140 valence electrons. The quantitative estimate of drug-likeness (QED) is 0.740. The number of hydrogen-bond acceptors (Lipinski definition) is 5. The molecule has 0 aromatic rings. The minimum Gasteiger partial charge on any atom is -0.293 e. The van der Waals surface area contributed by atoms with Crippen LogP contribution >= 0.6 is 0 Å². The summed E-state index contributed by atoms with van der Waals surface area (Å²) < 4.78 is 0. The van der Waals surface area contributed by atoms with Crippen molar-refractivity contribution in [3.8, 4) is 0 Å². The van der Waals surface area contributed by atoms with E-state index in [1.165, 1.54) is 0 Å². The lowest BCUT2D eigenvalue weighted by atomic mass is 10.1. The molecule has 24 heavy (non-hydrogen) atoms. The fraction of sp³-hybridized carbons (Fsp3) is 0.947. The third-order valence-electron chi connectivity index (χ3n) is 5.65. The standard InChI is InChI=1S/C19H38N4O/c1-13(2)20-9-10-21(14(3)4)18(20)17(24)19-22(15(5)6)11-12-23(19)16(7)8/h13-16,18-19H,9-12H2,1-8H3. The monoisotopic (exact) mass is 338 g/mol. The molecular formula is C19H38N4O. The van der Waals surface area contributed by atoms with Crippen LogP contribution in [0.3, 0.4) is 0 Å². The molecule has 0 aromatic carbocycles. The largest absolute Gasteiger partial charge is 0.293 e. The highest BCUT2D eigenvalue weighted by molar-refractivity contribution is 5.89. The Bertz CT molecular complexity index is 365. The van der Waals surface area contributed by atoms with Gasteiger partial charge < -0.3 is 0 Å². The maximum absolute atomic E-state index is 13.7. The number of carbonyl (C=O) groups is 1. The van der Waals surface area contributed by atoms with Crippen molar-refractivity contribution in [2.45, 2.75) is 91.9 Å². The Labute approximate surface area is 148 Å². The van der Waals surface area contributed by atoms with Crippen molar-refractivity contribution >= 4 is 5.78 Å². The molecule has 2 rings (SSSR count). The summed E-state index contributed by atoms with van der Waals surface area (Å²) in [7, 11) is 0. The SMILES string of the molecule is CC(C)N1CCN(C(C)C)C1C(=O)C1N(C(C)C)CCN1C(C)C. The molecule has 0 aliphatic carbocycles. The summed E-state index contributed by atoms with van der Waals surface area (Å²) in [6.07, 6.45) is -0.175. The Morgan fingerprint density at radius 3 is 0.958 bits per heavy atom. The van der Waals surface area contributed by atoms with Crippen molar-refractivity contribution in [1.29, 1.82) is 0 Å². The fourth-order valence-electron chi connectivity index (χ4n) is 4.28. The number of ketones is 1. The molecule has 0 spiro atoms. The first-order valence-corrected chi connectivity index (χ1v) is 9.73. The van der Waals surface area contributed by atoms with E-state index in [2.05, 4.69) is 75.0 Å². The minimum atomic E-state index is -0.0874. The lowest BCUT2D eigenvalue weighted by Gasteiger charge is -2.40. The van der Waals surface area contributed by atoms with Crippen LogP contribution < -0.4 is 0 Å². The predicted molar refractivity (Wildman–Crippen MR) is 100.0 cm³/mol. The molecular weight excluding hydrogens is 300 g/mol. The van der Waals surface area contributed by atoms with Crippen LogP contribution in [0.2, 0.25) is 0 Å². The molecule has 0 saturated carbocycles. The molecule has 5 nitrogen and oxygen atoms in total. The second-order valence-corrected chi connectivity index (χ2v) is 8.48. The summed E-state index contributed by atoms with van der Waals surface area (Å²) in [5, 5.41) is 0. The highest BCUT2D eigenvalue weighted by Gasteiger charge is 2.48. The molecule has 2 aliphatic heterocycles. The van der Waals surface area contributed by atoms with Gasteiger partial charge in [0, 0.05) is 50.3 Å². The number of rotatable bonds is 6. The first-order chi connectivity index (χ1) is 11.2. The van der Waals surface area contributed by atoms with Gasteiger partial charge in [-0.05, 0) is 55.4 Å². The van der Waals surface area contributed by atoms with E-state index in [0.717, 1.165) is 26.2 Å². The van der Waals surface area contributed by atoms with Crippen molar-refractivity contribution < 1.29 is 4.79 Å². The van der Waals surface area contributed by atoms with Crippen molar-refractivity contribution in [2.75, 3.05) is 26.2 Å². The van der Waals surface area contributed by atoms with Crippen molar-refractivity contribution in [2.24, 2.45) is 0 Å². The van der Waals surface area contributed by atoms with Gasteiger partial charge in [0.2, 0.25) is 0 Å². The summed E-state index contributed by atoms with van der Waals surface area (Å²) in [4.78, 5) is 23.3. The molecule has 2 heterocycles. The zero-order valence-electron chi connectivity index (χ0n) is 17.0. The van der Waals surface area contributed by atoms with Crippen LogP contribution in [0.25, 0.3) is 0 Å². The zero-order chi connectivity index (χ0) is 18.2. The molecule has 0 aromatic heterocycles. The van der Waals surface area contributed by atoms with E-state index < -0.39 is 0 Å². The predicted octanol–water partition coefficient (Wildman–Crippen LogP) is 2.08. The topological polar surface area (TPSA) is 30.0 Å². The van der Waals surface area contributed by atoms with E-state index in [1.807, 2.05) is 0 Å². The molecule has 0 unspecified atom stereocenters. The molecule has 0 bridgehead atoms. The van der Waals surface area contributed by atoms with Crippen LogP contribution in [0.5, 0.6) is 0 Å². The summed E-state index contributed by atoms with van der Waals surface area (Å²) in [6.45, 7) is 21.6. The molecule has 0 N–H and O–H groups in total. The second-order valence-electron chi connectivity index (χ2n) is 8.48. The molecule has 5 heteroatoms. The van der Waals surface area contributed by atoms with E-state index >= 15 is 0 Å². The number of carbonyl (C=O) groups excluding carboxylic acids is 1. The maximum atomic E-state index is 13.7.